The number of hydrogen-bond donors (Lipinski definition) is 0. The summed E-state index contributed by atoms with van der Waals surface area (Å²) in [5.74, 6) is -0.868. The predicted octanol–water partition coefficient (Wildman–Crippen LogP) is 1.14. The van der Waals surface area contributed by atoms with E-state index in [1.54, 1.807) is 0 Å². The Labute approximate surface area is 57.4 Å². The molecule has 0 N–H and O–H groups in total. The van der Waals surface area contributed by atoms with Crippen LogP contribution in [-0.4, -0.2) is 38.1 Å². The smallest absolute Gasteiger partial charge is 0.359 e. The summed E-state index contributed by atoms with van der Waals surface area (Å²) in [4.78, 5) is 4.01. The van der Waals surface area contributed by atoms with Crippen LogP contribution in [0.3, 0.4) is 0 Å². The maximum atomic E-state index is 11.8. The number of aliphatic imine (C=N–C) groups is 1. The fourth-order valence-electron chi connectivity index (χ4n) is 0.580. The van der Waals surface area contributed by atoms with Crippen molar-refractivity contribution in [2.45, 2.75) is 6.18 Å². The topological polar surface area (TPSA) is 15.6 Å². The minimum atomic E-state index is -4.34. The van der Waals surface area contributed by atoms with E-state index in [2.05, 4.69) is 4.99 Å². The van der Waals surface area contributed by atoms with Crippen LogP contribution >= 0.6 is 0 Å². The Morgan fingerprint density at radius 2 is 1.70 bits per heavy atom. The van der Waals surface area contributed by atoms with E-state index >= 15 is 0 Å². The lowest BCUT2D eigenvalue weighted by molar-refractivity contribution is -0.0669. The van der Waals surface area contributed by atoms with E-state index in [1.807, 2.05) is 0 Å². The fraction of sp³-hybridized carbons (Fsp3) is 0.800. The van der Waals surface area contributed by atoms with Crippen LogP contribution in [0.25, 0.3) is 0 Å². The summed E-state index contributed by atoms with van der Waals surface area (Å²) >= 11 is 0. The summed E-state index contributed by atoms with van der Waals surface area (Å²) in [7, 11) is 3.72. The zero-order valence-electron chi connectivity index (χ0n) is 6.03. The van der Waals surface area contributed by atoms with Crippen molar-refractivity contribution in [2.24, 2.45) is 4.99 Å². The average molecular weight is 154 g/mol. The van der Waals surface area contributed by atoms with E-state index in [-0.39, 0.29) is 0 Å². The maximum Gasteiger partial charge on any atom is 0.448 e. The van der Waals surface area contributed by atoms with Gasteiger partial charge in [0.25, 0.3) is 0 Å². The van der Waals surface area contributed by atoms with Gasteiger partial charge in [-0.1, -0.05) is 0 Å². The molecule has 0 fully saturated rings. The highest BCUT2D eigenvalue weighted by atomic mass is 19.4. The van der Waals surface area contributed by atoms with Gasteiger partial charge in [0, 0.05) is 21.1 Å². The molecule has 0 aliphatic carbocycles. The SMILES string of the molecule is CN=C(N(C)C)C(F)(F)F. The molecule has 0 heterocycles. The first kappa shape index (κ1) is 9.26. The van der Waals surface area contributed by atoms with Crippen molar-refractivity contribution in [2.75, 3.05) is 21.1 Å². The molecule has 0 aromatic rings. The number of hydrogen-bond acceptors (Lipinski definition) is 1. The first-order chi connectivity index (χ1) is 4.39. The molecule has 60 valence electrons. The molecule has 0 bridgehead atoms. The van der Waals surface area contributed by atoms with Crippen LogP contribution in [0.1, 0.15) is 0 Å². The highest BCUT2D eigenvalue weighted by Gasteiger charge is 2.36. The molecule has 0 rings (SSSR count). The normalized spacial score (nSPS) is 13.6. The molecule has 0 saturated heterocycles. The van der Waals surface area contributed by atoms with Gasteiger partial charge in [0.2, 0.25) is 5.84 Å². The Morgan fingerprint density at radius 1 is 1.30 bits per heavy atom. The molecule has 0 aliphatic rings. The molecule has 0 aliphatic heterocycles. The molecule has 0 spiro atoms. The van der Waals surface area contributed by atoms with Crippen molar-refractivity contribution in [3.8, 4) is 0 Å². The van der Waals surface area contributed by atoms with Crippen LogP contribution in [0.2, 0.25) is 0 Å². The molecule has 2 nitrogen and oxygen atoms in total. The van der Waals surface area contributed by atoms with Crippen molar-refractivity contribution in [1.29, 1.82) is 0 Å². The van der Waals surface area contributed by atoms with Gasteiger partial charge in [-0.05, 0) is 0 Å². The van der Waals surface area contributed by atoms with E-state index in [0.717, 1.165) is 11.9 Å². The van der Waals surface area contributed by atoms with E-state index in [0.29, 0.717) is 0 Å². The van der Waals surface area contributed by atoms with Crippen LogP contribution in [-0.2, 0) is 0 Å². The van der Waals surface area contributed by atoms with E-state index < -0.39 is 12.0 Å². The number of rotatable bonds is 0. The summed E-state index contributed by atoms with van der Waals surface area (Å²) in [5, 5.41) is 0. The average Bonchev–Trinajstić information content (AvgIpc) is 1.60. The minimum Gasteiger partial charge on any atom is -0.359 e. The third-order valence-corrected chi connectivity index (χ3v) is 0.889. The van der Waals surface area contributed by atoms with Crippen LogP contribution < -0.4 is 0 Å². The van der Waals surface area contributed by atoms with Crippen molar-refractivity contribution >= 4 is 5.84 Å². The summed E-state index contributed by atoms with van der Waals surface area (Å²) in [6.07, 6.45) is -4.34. The number of alkyl halides is 3. The lowest BCUT2D eigenvalue weighted by atomic mass is 10.5. The first-order valence-corrected chi connectivity index (χ1v) is 2.61. The quantitative estimate of drug-likeness (QED) is 0.377. The van der Waals surface area contributed by atoms with Crippen LogP contribution in [0.5, 0.6) is 0 Å². The van der Waals surface area contributed by atoms with Crippen molar-refractivity contribution < 1.29 is 13.2 Å². The van der Waals surface area contributed by atoms with Crippen LogP contribution in [0, 0.1) is 0 Å². The second-order valence-electron chi connectivity index (χ2n) is 1.94. The molecule has 10 heavy (non-hydrogen) atoms. The standard InChI is InChI=1S/C5H9F3N2/c1-9-4(10(2)3)5(6,7)8/h1-3H3. The molecular weight excluding hydrogens is 145 g/mol. The van der Waals surface area contributed by atoms with Gasteiger partial charge < -0.3 is 4.90 Å². The fourth-order valence-corrected chi connectivity index (χ4v) is 0.580. The highest BCUT2D eigenvalue weighted by Crippen LogP contribution is 2.17. The van der Waals surface area contributed by atoms with Gasteiger partial charge in [0.15, 0.2) is 0 Å². The number of halogens is 3. The summed E-state index contributed by atoms with van der Waals surface area (Å²) < 4.78 is 35.4. The van der Waals surface area contributed by atoms with Crippen molar-refractivity contribution in [3.63, 3.8) is 0 Å². The largest absolute Gasteiger partial charge is 0.448 e. The van der Waals surface area contributed by atoms with Gasteiger partial charge in [0.05, 0.1) is 0 Å². The van der Waals surface area contributed by atoms with Crippen LogP contribution in [0.15, 0.2) is 4.99 Å². The van der Waals surface area contributed by atoms with Gasteiger partial charge in [-0.3, -0.25) is 4.99 Å². The molecule has 0 aromatic heterocycles. The van der Waals surface area contributed by atoms with E-state index in [9.17, 15) is 13.2 Å². The van der Waals surface area contributed by atoms with Gasteiger partial charge in [-0.2, -0.15) is 13.2 Å². The second kappa shape index (κ2) is 2.90. The second-order valence-corrected chi connectivity index (χ2v) is 1.94. The van der Waals surface area contributed by atoms with Gasteiger partial charge in [0.1, 0.15) is 0 Å². The molecule has 0 saturated carbocycles. The van der Waals surface area contributed by atoms with E-state index in [4.69, 9.17) is 0 Å². The third kappa shape index (κ3) is 2.24. The molecule has 0 aromatic carbocycles. The number of nitrogens with zero attached hydrogens (tertiary/aromatic N) is 2. The van der Waals surface area contributed by atoms with Crippen molar-refractivity contribution in [1.82, 2.24) is 4.90 Å². The maximum absolute atomic E-state index is 11.8. The summed E-state index contributed by atoms with van der Waals surface area (Å²) in [5.41, 5.74) is 0. The molecular formula is C5H9F3N2. The first-order valence-electron chi connectivity index (χ1n) is 2.61. The van der Waals surface area contributed by atoms with Crippen LogP contribution in [0.4, 0.5) is 13.2 Å². The third-order valence-electron chi connectivity index (χ3n) is 0.889. The molecule has 0 unspecified atom stereocenters. The Morgan fingerprint density at radius 3 is 1.70 bits per heavy atom. The van der Waals surface area contributed by atoms with Gasteiger partial charge in [-0.15, -0.1) is 0 Å². The minimum absolute atomic E-state index is 0.868. The zero-order chi connectivity index (χ0) is 8.36. The van der Waals surface area contributed by atoms with Gasteiger partial charge >= 0.3 is 6.18 Å². The van der Waals surface area contributed by atoms with Gasteiger partial charge in [-0.25, -0.2) is 0 Å². The monoisotopic (exact) mass is 154 g/mol. The van der Waals surface area contributed by atoms with Crippen molar-refractivity contribution in [3.05, 3.63) is 0 Å². The highest BCUT2D eigenvalue weighted by molar-refractivity contribution is 5.86. The molecule has 0 atom stereocenters. The Kier molecular flexibility index (Phi) is 2.68. The summed E-state index contributed by atoms with van der Waals surface area (Å²) in [6.45, 7) is 0. The Hall–Kier alpha value is -0.740. The summed E-state index contributed by atoms with van der Waals surface area (Å²) in [6, 6.07) is 0. The van der Waals surface area contributed by atoms with E-state index in [1.165, 1.54) is 14.1 Å². The lowest BCUT2D eigenvalue weighted by Crippen LogP contribution is -2.35. The molecule has 0 radical (unpaired) electrons. The lowest BCUT2D eigenvalue weighted by Gasteiger charge is -2.16. The molecule has 5 heteroatoms. The number of amidine groups is 1. The molecule has 0 amide bonds. The Balaban J connectivity index is 4.40. The Bertz CT molecular complexity index is 136. The zero-order valence-corrected chi connectivity index (χ0v) is 6.03. The predicted molar refractivity (Wildman–Crippen MR) is 33.1 cm³/mol.